The monoisotopic (exact) mass is 471 g/mol. The first-order chi connectivity index (χ1) is 16.0. The maximum absolute atomic E-state index is 12.8. The van der Waals surface area contributed by atoms with Gasteiger partial charge in [0.2, 0.25) is 16.8 Å². The predicted molar refractivity (Wildman–Crippen MR) is 113 cm³/mol. The summed E-state index contributed by atoms with van der Waals surface area (Å²) in [4.78, 5) is 0.205. The molecule has 4 atom stereocenters. The molecular weight excluding hydrogens is 450 g/mol. The Morgan fingerprint density at radius 1 is 1.00 bits per heavy atom. The van der Waals surface area contributed by atoms with Gasteiger partial charge in [-0.1, -0.05) is 17.7 Å². The number of hydrogen-bond acceptors (Lipinski definition) is 9. The first-order valence-electron chi connectivity index (χ1n) is 10.5. The number of benzene rings is 2. The first kappa shape index (κ1) is 20.5. The highest BCUT2D eigenvalue weighted by molar-refractivity contribution is 7.89. The fourth-order valence-electron chi connectivity index (χ4n) is 4.42. The lowest BCUT2D eigenvalue weighted by molar-refractivity contribution is 0.0626. The molecule has 2 saturated heterocycles. The molecule has 1 N–H and O–H groups in total. The van der Waals surface area contributed by atoms with Gasteiger partial charge in [-0.3, -0.25) is 0 Å². The summed E-state index contributed by atoms with van der Waals surface area (Å²) in [5.41, 5.74) is 1.75. The molecule has 4 heterocycles. The Morgan fingerprint density at radius 2 is 1.79 bits per heavy atom. The van der Waals surface area contributed by atoms with Gasteiger partial charge >= 0.3 is 0 Å². The van der Waals surface area contributed by atoms with Gasteiger partial charge in [0.25, 0.3) is 0 Å². The van der Waals surface area contributed by atoms with E-state index in [9.17, 15) is 8.42 Å². The lowest BCUT2D eigenvalue weighted by atomic mass is 10.1. The number of rotatable bonds is 5. The Kier molecular flexibility index (Phi) is 4.83. The number of fused-ring (bicyclic) bond motifs is 2. The summed E-state index contributed by atoms with van der Waals surface area (Å²) in [6.45, 7) is 2.57. The molecule has 172 valence electrons. The van der Waals surface area contributed by atoms with Crippen LogP contribution in [0.4, 0.5) is 0 Å². The van der Waals surface area contributed by atoms with Crippen LogP contribution in [0.25, 0.3) is 11.4 Å². The third kappa shape index (κ3) is 3.55. The molecule has 0 bridgehead atoms. The van der Waals surface area contributed by atoms with E-state index in [0.29, 0.717) is 23.9 Å². The number of nitrogens with one attached hydrogen (secondary N) is 1. The van der Waals surface area contributed by atoms with Gasteiger partial charge in [0.15, 0.2) is 17.3 Å². The summed E-state index contributed by atoms with van der Waals surface area (Å²) in [7, 11) is -3.71. The molecule has 2 aromatic carbocycles. The molecule has 2 fully saturated rings. The molecule has 0 radical (unpaired) electrons. The van der Waals surface area contributed by atoms with E-state index in [0.717, 1.165) is 11.1 Å². The van der Waals surface area contributed by atoms with Crippen molar-refractivity contribution in [1.29, 1.82) is 0 Å². The SMILES string of the molecule is Cc1ccc(S(=O)(=O)N[C@H]2CO[C@H]3[C@@H]2OC[C@@H]3n2nnnc2-c2ccc3c(c2)OCO3)cc1. The van der Waals surface area contributed by atoms with Crippen molar-refractivity contribution >= 4 is 10.0 Å². The van der Waals surface area contributed by atoms with E-state index in [1.165, 1.54) is 0 Å². The smallest absolute Gasteiger partial charge is 0.240 e. The number of ether oxygens (including phenoxy) is 4. The largest absolute Gasteiger partial charge is 0.454 e. The van der Waals surface area contributed by atoms with E-state index in [1.54, 1.807) is 28.9 Å². The lowest BCUT2D eigenvalue weighted by Crippen LogP contribution is -2.44. The standard InChI is InChI=1S/C21H21N5O6S/c1-12-2-5-14(6-3-12)33(27,28)23-15-9-29-20-16(10-30-19(15)20)26-21(22-24-25-26)13-4-7-17-18(8-13)32-11-31-17/h2-8,15-16,19-20,23H,9-11H2,1H3/t15-,16-,19+,20+/m0/s1. The Morgan fingerprint density at radius 3 is 2.64 bits per heavy atom. The third-order valence-electron chi connectivity index (χ3n) is 6.10. The summed E-state index contributed by atoms with van der Waals surface area (Å²) < 4.78 is 52.9. The average molecular weight is 471 g/mol. The zero-order valence-electron chi connectivity index (χ0n) is 17.6. The predicted octanol–water partition coefficient (Wildman–Crippen LogP) is 1.06. The van der Waals surface area contributed by atoms with E-state index < -0.39 is 28.3 Å². The Labute approximate surface area is 189 Å². The molecular formula is C21H21N5O6S. The van der Waals surface area contributed by atoms with Crippen LogP contribution < -0.4 is 14.2 Å². The minimum absolute atomic E-state index is 0.178. The third-order valence-corrected chi connectivity index (χ3v) is 7.61. The first-order valence-corrected chi connectivity index (χ1v) is 12.0. The van der Waals surface area contributed by atoms with Gasteiger partial charge in [-0.05, 0) is 47.7 Å². The second-order valence-electron chi connectivity index (χ2n) is 8.22. The van der Waals surface area contributed by atoms with E-state index in [4.69, 9.17) is 18.9 Å². The molecule has 0 aliphatic carbocycles. The maximum Gasteiger partial charge on any atom is 0.240 e. The van der Waals surface area contributed by atoms with Crippen molar-refractivity contribution < 1.29 is 27.4 Å². The van der Waals surface area contributed by atoms with E-state index in [1.807, 2.05) is 25.1 Å². The number of tetrazole rings is 1. The molecule has 33 heavy (non-hydrogen) atoms. The fourth-order valence-corrected chi connectivity index (χ4v) is 5.65. The number of hydrogen-bond donors (Lipinski definition) is 1. The van der Waals surface area contributed by atoms with Gasteiger partial charge < -0.3 is 18.9 Å². The van der Waals surface area contributed by atoms with Crippen LogP contribution in [0, 0.1) is 6.92 Å². The van der Waals surface area contributed by atoms with Crippen LogP contribution >= 0.6 is 0 Å². The van der Waals surface area contributed by atoms with Crippen LogP contribution in [0.3, 0.4) is 0 Å². The topological polar surface area (TPSA) is 127 Å². The summed E-state index contributed by atoms with van der Waals surface area (Å²) in [5.74, 6) is 1.84. The van der Waals surface area contributed by atoms with Crippen molar-refractivity contribution in [3.63, 3.8) is 0 Å². The van der Waals surface area contributed by atoms with Crippen LogP contribution in [0.2, 0.25) is 0 Å². The molecule has 0 spiro atoms. The highest BCUT2D eigenvalue weighted by Gasteiger charge is 2.50. The Bertz CT molecular complexity index is 1290. The van der Waals surface area contributed by atoms with Gasteiger partial charge in [-0.2, -0.15) is 0 Å². The van der Waals surface area contributed by atoms with Gasteiger partial charge in [-0.15, -0.1) is 5.10 Å². The minimum Gasteiger partial charge on any atom is -0.454 e. The van der Waals surface area contributed by atoms with Gasteiger partial charge in [0.1, 0.15) is 18.2 Å². The maximum atomic E-state index is 12.8. The van der Waals surface area contributed by atoms with Crippen molar-refractivity contribution in [2.75, 3.05) is 20.0 Å². The Hall–Kier alpha value is -3.06. The van der Waals surface area contributed by atoms with Crippen LogP contribution in [-0.4, -0.2) is 66.9 Å². The molecule has 0 amide bonds. The quantitative estimate of drug-likeness (QED) is 0.581. The zero-order chi connectivity index (χ0) is 22.6. The minimum atomic E-state index is -3.71. The van der Waals surface area contributed by atoms with E-state index in [2.05, 4.69) is 20.2 Å². The number of aromatic nitrogens is 4. The van der Waals surface area contributed by atoms with E-state index in [-0.39, 0.29) is 24.3 Å². The van der Waals surface area contributed by atoms with Crippen LogP contribution in [0.15, 0.2) is 47.4 Å². The molecule has 3 aliphatic heterocycles. The molecule has 0 saturated carbocycles. The molecule has 11 nitrogen and oxygen atoms in total. The second kappa shape index (κ2) is 7.76. The summed E-state index contributed by atoms with van der Waals surface area (Å²) in [5, 5.41) is 12.2. The van der Waals surface area contributed by atoms with Crippen molar-refractivity contribution in [3.05, 3.63) is 48.0 Å². The van der Waals surface area contributed by atoms with Crippen LogP contribution in [0.1, 0.15) is 11.6 Å². The van der Waals surface area contributed by atoms with Gasteiger partial charge in [0.05, 0.1) is 24.2 Å². The highest BCUT2D eigenvalue weighted by atomic mass is 32.2. The molecule has 3 aliphatic rings. The van der Waals surface area contributed by atoms with Crippen molar-refractivity contribution in [2.24, 2.45) is 0 Å². The van der Waals surface area contributed by atoms with Gasteiger partial charge in [-0.25, -0.2) is 17.8 Å². The molecule has 12 heteroatoms. The molecule has 1 aromatic heterocycles. The number of sulfonamides is 1. The lowest BCUT2D eigenvalue weighted by Gasteiger charge is -2.18. The number of nitrogens with zero attached hydrogens (tertiary/aromatic N) is 4. The molecule has 3 aromatic rings. The van der Waals surface area contributed by atoms with Gasteiger partial charge in [0, 0.05) is 5.56 Å². The van der Waals surface area contributed by atoms with Crippen molar-refractivity contribution in [1.82, 2.24) is 24.9 Å². The highest BCUT2D eigenvalue weighted by Crippen LogP contribution is 2.38. The average Bonchev–Trinajstić information content (AvgIpc) is 3.58. The van der Waals surface area contributed by atoms with Crippen LogP contribution in [-0.2, 0) is 19.5 Å². The van der Waals surface area contributed by atoms with Crippen LogP contribution in [0.5, 0.6) is 11.5 Å². The fraction of sp³-hybridized carbons (Fsp3) is 0.381. The molecule has 0 unspecified atom stereocenters. The number of aryl methyl sites for hydroxylation is 1. The van der Waals surface area contributed by atoms with Crippen molar-refractivity contribution in [2.45, 2.75) is 36.1 Å². The zero-order valence-corrected chi connectivity index (χ0v) is 18.4. The summed E-state index contributed by atoms with van der Waals surface area (Å²) in [6.07, 6.45) is -0.851. The van der Waals surface area contributed by atoms with Crippen molar-refractivity contribution in [3.8, 4) is 22.9 Å². The summed E-state index contributed by atoms with van der Waals surface area (Å²) in [6, 6.07) is 11.4. The second-order valence-corrected chi connectivity index (χ2v) is 9.93. The molecule has 6 rings (SSSR count). The normalized spacial score (nSPS) is 26.0. The van der Waals surface area contributed by atoms with E-state index >= 15 is 0 Å². The Balaban J connectivity index is 1.22. The summed E-state index contributed by atoms with van der Waals surface area (Å²) >= 11 is 0.